The van der Waals surface area contributed by atoms with Gasteiger partial charge in [0.1, 0.15) is 12.2 Å². The van der Waals surface area contributed by atoms with Crippen LogP contribution in [0.15, 0.2) is 57.7 Å². The lowest BCUT2D eigenvalue weighted by atomic mass is 10.1. The number of carbonyl (C=O) groups excluding carboxylic acids is 1. The van der Waals surface area contributed by atoms with Gasteiger partial charge in [0.05, 0.1) is 12.2 Å². The molecular formula is C19H16O5. The van der Waals surface area contributed by atoms with Crippen molar-refractivity contribution in [2.45, 2.75) is 20.1 Å². The molecule has 0 saturated heterocycles. The summed E-state index contributed by atoms with van der Waals surface area (Å²) in [7, 11) is 0. The van der Waals surface area contributed by atoms with Crippen LogP contribution in [0.1, 0.15) is 27.0 Å². The van der Waals surface area contributed by atoms with Gasteiger partial charge in [0.25, 0.3) is 0 Å². The fraction of sp³-hybridized carbons (Fsp3) is 0.158. The van der Waals surface area contributed by atoms with Crippen molar-refractivity contribution < 1.29 is 19.1 Å². The molecule has 1 N–H and O–H groups in total. The largest absolute Gasteiger partial charge is 0.457 e. The Bertz CT molecular complexity index is 938. The Balaban J connectivity index is 1.82. The molecule has 0 atom stereocenters. The number of ether oxygens (including phenoxy) is 1. The van der Waals surface area contributed by atoms with Crippen molar-refractivity contribution >= 4 is 16.9 Å². The minimum Gasteiger partial charge on any atom is -0.457 e. The number of esters is 1. The third-order valence-electron chi connectivity index (χ3n) is 3.72. The number of benzene rings is 2. The average Bonchev–Trinajstić information content (AvgIpc) is 2.59. The minimum atomic E-state index is -0.493. The Labute approximate surface area is 138 Å². The van der Waals surface area contributed by atoms with Gasteiger partial charge in [-0.15, -0.1) is 0 Å². The summed E-state index contributed by atoms with van der Waals surface area (Å²) in [5.41, 5.74) is 2.67. The molecule has 5 heteroatoms. The van der Waals surface area contributed by atoms with E-state index >= 15 is 0 Å². The fourth-order valence-corrected chi connectivity index (χ4v) is 2.43. The van der Waals surface area contributed by atoms with E-state index in [-0.39, 0.29) is 13.2 Å². The number of aliphatic hydroxyl groups is 1. The van der Waals surface area contributed by atoms with E-state index in [1.165, 1.54) is 6.07 Å². The van der Waals surface area contributed by atoms with Gasteiger partial charge in [-0.25, -0.2) is 9.59 Å². The summed E-state index contributed by atoms with van der Waals surface area (Å²) < 4.78 is 10.5. The van der Waals surface area contributed by atoms with Crippen LogP contribution in [0.2, 0.25) is 0 Å². The molecule has 0 aliphatic carbocycles. The molecule has 0 bridgehead atoms. The topological polar surface area (TPSA) is 76.7 Å². The van der Waals surface area contributed by atoms with Crippen molar-refractivity contribution in [1.82, 2.24) is 0 Å². The van der Waals surface area contributed by atoms with Crippen LogP contribution in [0.5, 0.6) is 0 Å². The summed E-state index contributed by atoms with van der Waals surface area (Å²) >= 11 is 0. The van der Waals surface area contributed by atoms with Crippen LogP contribution < -0.4 is 5.63 Å². The lowest BCUT2D eigenvalue weighted by Gasteiger charge is -2.08. The van der Waals surface area contributed by atoms with Gasteiger partial charge in [0, 0.05) is 17.0 Å². The van der Waals surface area contributed by atoms with E-state index in [0.29, 0.717) is 22.3 Å². The molecule has 5 nitrogen and oxygen atoms in total. The number of rotatable bonds is 4. The molecule has 122 valence electrons. The maximum atomic E-state index is 12.1. The van der Waals surface area contributed by atoms with Crippen LogP contribution >= 0.6 is 0 Å². The first-order chi connectivity index (χ1) is 11.6. The molecule has 0 amide bonds. The maximum absolute atomic E-state index is 12.1. The van der Waals surface area contributed by atoms with E-state index < -0.39 is 11.6 Å². The number of aliphatic hydroxyl groups excluding tert-OH is 1. The van der Waals surface area contributed by atoms with Crippen LogP contribution in [-0.2, 0) is 18.0 Å². The highest BCUT2D eigenvalue weighted by Gasteiger charge is 2.11. The Morgan fingerprint density at radius 2 is 1.88 bits per heavy atom. The van der Waals surface area contributed by atoms with E-state index in [1.54, 1.807) is 30.3 Å². The zero-order valence-corrected chi connectivity index (χ0v) is 13.1. The third kappa shape index (κ3) is 3.36. The van der Waals surface area contributed by atoms with Gasteiger partial charge < -0.3 is 14.3 Å². The van der Waals surface area contributed by atoms with E-state index in [1.807, 2.05) is 19.1 Å². The molecule has 0 saturated carbocycles. The Morgan fingerprint density at radius 1 is 1.12 bits per heavy atom. The first-order valence-corrected chi connectivity index (χ1v) is 7.47. The summed E-state index contributed by atoms with van der Waals surface area (Å²) in [5, 5.41) is 9.75. The predicted molar refractivity (Wildman–Crippen MR) is 88.7 cm³/mol. The molecule has 3 aromatic rings. The maximum Gasteiger partial charge on any atom is 0.338 e. The van der Waals surface area contributed by atoms with Gasteiger partial charge in [-0.3, -0.25) is 0 Å². The fourth-order valence-electron chi connectivity index (χ4n) is 2.43. The van der Waals surface area contributed by atoms with Crippen molar-refractivity contribution in [2.24, 2.45) is 0 Å². The van der Waals surface area contributed by atoms with Crippen molar-refractivity contribution in [1.29, 1.82) is 0 Å². The average molecular weight is 324 g/mol. The Hall–Kier alpha value is -2.92. The first-order valence-electron chi connectivity index (χ1n) is 7.47. The zero-order valence-electron chi connectivity index (χ0n) is 13.1. The zero-order chi connectivity index (χ0) is 17.1. The van der Waals surface area contributed by atoms with Crippen LogP contribution in [-0.4, -0.2) is 11.1 Å². The smallest absolute Gasteiger partial charge is 0.338 e. The van der Waals surface area contributed by atoms with E-state index in [2.05, 4.69) is 0 Å². The summed E-state index contributed by atoms with van der Waals surface area (Å²) in [6.45, 7) is 1.80. The van der Waals surface area contributed by atoms with Gasteiger partial charge in [0.15, 0.2) is 0 Å². The molecule has 0 fully saturated rings. The molecule has 2 aromatic carbocycles. The van der Waals surface area contributed by atoms with E-state index in [0.717, 1.165) is 10.9 Å². The second-order valence-corrected chi connectivity index (χ2v) is 5.52. The van der Waals surface area contributed by atoms with Crippen LogP contribution in [0.4, 0.5) is 0 Å². The molecule has 0 unspecified atom stereocenters. The molecule has 0 aliphatic heterocycles. The van der Waals surface area contributed by atoms with Gasteiger partial charge in [-0.1, -0.05) is 24.3 Å². The molecule has 24 heavy (non-hydrogen) atoms. The number of aryl methyl sites for hydroxylation is 1. The van der Waals surface area contributed by atoms with E-state index in [9.17, 15) is 9.59 Å². The SMILES string of the molecule is Cc1ccc2c(COC(=O)c3ccc(CO)cc3)cc(=O)oc2c1. The summed E-state index contributed by atoms with van der Waals surface area (Å²) in [6, 6.07) is 13.4. The molecule has 1 heterocycles. The normalized spacial score (nSPS) is 10.8. The quantitative estimate of drug-likeness (QED) is 0.590. The number of fused-ring (bicyclic) bond motifs is 1. The van der Waals surface area contributed by atoms with Crippen LogP contribution in [0.3, 0.4) is 0 Å². The second-order valence-electron chi connectivity index (χ2n) is 5.52. The van der Waals surface area contributed by atoms with Crippen molar-refractivity contribution in [2.75, 3.05) is 0 Å². The molecule has 3 rings (SSSR count). The second kappa shape index (κ2) is 6.68. The Morgan fingerprint density at radius 3 is 2.58 bits per heavy atom. The van der Waals surface area contributed by atoms with E-state index in [4.69, 9.17) is 14.3 Å². The molecule has 0 radical (unpaired) electrons. The van der Waals surface area contributed by atoms with Crippen molar-refractivity contribution in [3.8, 4) is 0 Å². The molecular weight excluding hydrogens is 308 g/mol. The van der Waals surface area contributed by atoms with Gasteiger partial charge in [-0.05, 0) is 36.2 Å². The highest BCUT2D eigenvalue weighted by atomic mass is 16.5. The number of hydrogen-bond donors (Lipinski definition) is 1. The lowest BCUT2D eigenvalue weighted by molar-refractivity contribution is 0.0473. The summed E-state index contributed by atoms with van der Waals surface area (Å²) in [6.07, 6.45) is 0. The highest BCUT2D eigenvalue weighted by Crippen LogP contribution is 2.19. The van der Waals surface area contributed by atoms with Crippen LogP contribution in [0, 0.1) is 6.92 Å². The van der Waals surface area contributed by atoms with Gasteiger partial charge >= 0.3 is 11.6 Å². The van der Waals surface area contributed by atoms with Crippen molar-refractivity contribution in [3.63, 3.8) is 0 Å². The highest BCUT2D eigenvalue weighted by molar-refractivity contribution is 5.89. The number of carbonyl (C=O) groups is 1. The minimum absolute atomic E-state index is 0.0221. The molecule has 0 aliphatic rings. The lowest BCUT2D eigenvalue weighted by Crippen LogP contribution is -2.08. The van der Waals surface area contributed by atoms with Crippen LogP contribution in [0.25, 0.3) is 11.0 Å². The predicted octanol–water partition coefficient (Wildman–Crippen LogP) is 2.95. The summed E-state index contributed by atoms with van der Waals surface area (Å²) in [5.74, 6) is -0.493. The summed E-state index contributed by atoms with van der Waals surface area (Å²) in [4.78, 5) is 23.8. The third-order valence-corrected chi connectivity index (χ3v) is 3.72. The first kappa shape index (κ1) is 16.0. The monoisotopic (exact) mass is 324 g/mol. The molecule has 1 aromatic heterocycles. The van der Waals surface area contributed by atoms with Crippen molar-refractivity contribution in [3.05, 3.63) is 81.2 Å². The van der Waals surface area contributed by atoms with Gasteiger partial charge in [0.2, 0.25) is 0 Å². The molecule has 0 spiro atoms. The van der Waals surface area contributed by atoms with Gasteiger partial charge in [-0.2, -0.15) is 0 Å². The Kier molecular flexibility index (Phi) is 4.44. The number of hydrogen-bond acceptors (Lipinski definition) is 5. The standard InChI is InChI=1S/C19H16O5/c1-12-2-7-16-15(9-18(21)24-17(16)8-12)11-23-19(22)14-5-3-13(10-20)4-6-14/h2-9,20H,10-11H2,1H3.